The van der Waals surface area contributed by atoms with E-state index in [1.165, 1.54) is 37.9 Å². The first-order valence-corrected chi connectivity index (χ1v) is 6.47. The second kappa shape index (κ2) is 7.69. The minimum atomic E-state index is 0.786. The first-order chi connectivity index (χ1) is 6.43. The van der Waals surface area contributed by atoms with Crippen LogP contribution in [0.15, 0.2) is 0 Å². The Morgan fingerprint density at radius 1 is 1.31 bits per heavy atom. The van der Waals surface area contributed by atoms with Crippen molar-refractivity contribution in [3.8, 4) is 0 Å². The van der Waals surface area contributed by atoms with Crippen LogP contribution in [0.4, 0.5) is 0 Å². The molecule has 1 rings (SSSR count). The number of hydrogen-bond acceptors (Lipinski definition) is 2. The summed E-state index contributed by atoms with van der Waals surface area (Å²) in [6, 6.07) is 0. The van der Waals surface area contributed by atoms with Gasteiger partial charge in [0.25, 0.3) is 0 Å². The van der Waals surface area contributed by atoms with Crippen LogP contribution in [-0.2, 0) is 4.74 Å². The monoisotopic (exact) mass is 201 g/mol. The molecule has 0 aromatic heterocycles. The SMILES string of the molecule is [CH2]CCCCCSC1CCCOC1. The normalized spacial score (nSPS) is 23.3. The summed E-state index contributed by atoms with van der Waals surface area (Å²) < 4.78 is 5.43. The second-order valence-corrected chi connectivity index (χ2v) is 5.03. The minimum absolute atomic E-state index is 0.786. The quantitative estimate of drug-likeness (QED) is 0.610. The van der Waals surface area contributed by atoms with Crippen molar-refractivity contribution in [3.05, 3.63) is 6.92 Å². The van der Waals surface area contributed by atoms with Gasteiger partial charge < -0.3 is 4.74 Å². The molecule has 0 bridgehead atoms. The lowest BCUT2D eigenvalue weighted by Gasteiger charge is -2.21. The molecule has 1 radical (unpaired) electrons. The highest BCUT2D eigenvalue weighted by Gasteiger charge is 2.13. The van der Waals surface area contributed by atoms with Crippen LogP contribution < -0.4 is 0 Å². The van der Waals surface area contributed by atoms with Crippen LogP contribution in [0.2, 0.25) is 0 Å². The average Bonchev–Trinajstić information content (AvgIpc) is 2.19. The van der Waals surface area contributed by atoms with Gasteiger partial charge in [0, 0.05) is 11.9 Å². The highest BCUT2D eigenvalue weighted by Crippen LogP contribution is 2.21. The third kappa shape index (κ3) is 5.58. The fraction of sp³-hybridized carbons (Fsp3) is 0.909. The number of ether oxygens (including phenoxy) is 1. The molecule has 1 saturated heterocycles. The summed E-state index contributed by atoms with van der Waals surface area (Å²) in [7, 11) is 0. The van der Waals surface area contributed by atoms with Crippen molar-refractivity contribution >= 4 is 11.8 Å². The molecule has 0 aromatic carbocycles. The molecule has 0 aromatic rings. The van der Waals surface area contributed by atoms with Crippen molar-refractivity contribution in [2.24, 2.45) is 0 Å². The van der Waals surface area contributed by atoms with Gasteiger partial charge in [-0.2, -0.15) is 11.8 Å². The van der Waals surface area contributed by atoms with Gasteiger partial charge in [-0.25, -0.2) is 0 Å². The standard InChI is InChI=1S/C11H21OS/c1-2-3-4-5-9-13-11-7-6-8-12-10-11/h11H,1-10H2. The van der Waals surface area contributed by atoms with Gasteiger partial charge in [0.15, 0.2) is 0 Å². The number of thioether (sulfide) groups is 1. The average molecular weight is 201 g/mol. The fourth-order valence-corrected chi connectivity index (χ4v) is 2.78. The van der Waals surface area contributed by atoms with Crippen LogP contribution in [-0.4, -0.2) is 24.2 Å². The Kier molecular flexibility index (Phi) is 6.73. The summed E-state index contributed by atoms with van der Waals surface area (Å²) in [6.45, 7) is 5.82. The van der Waals surface area contributed by atoms with E-state index in [9.17, 15) is 0 Å². The Balaban J connectivity index is 1.86. The second-order valence-electron chi connectivity index (χ2n) is 3.62. The number of unbranched alkanes of at least 4 members (excludes halogenated alkanes) is 3. The molecule has 1 atom stereocenters. The smallest absolute Gasteiger partial charge is 0.0585 e. The van der Waals surface area contributed by atoms with E-state index >= 15 is 0 Å². The molecule has 0 aliphatic carbocycles. The molecule has 1 heterocycles. The Morgan fingerprint density at radius 2 is 2.23 bits per heavy atom. The van der Waals surface area contributed by atoms with Crippen LogP contribution in [0.5, 0.6) is 0 Å². The van der Waals surface area contributed by atoms with E-state index in [1.807, 2.05) is 0 Å². The lowest BCUT2D eigenvalue weighted by molar-refractivity contribution is 0.101. The maximum absolute atomic E-state index is 5.43. The molecule has 0 amide bonds. The Morgan fingerprint density at radius 3 is 2.92 bits per heavy atom. The summed E-state index contributed by atoms with van der Waals surface area (Å²) >= 11 is 2.10. The Labute approximate surface area is 86.6 Å². The molecule has 1 unspecified atom stereocenters. The van der Waals surface area contributed by atoms with Crippen molar-refractivity contribution in [2.45, 2.75) is 43.8 Å². The van der Waals surface area contributed by atoms with E-state index in [2.05, 4.69) is 18.7 Å². The molecular weight excluding hydrogens is 180 g/mol. The molecule has 1 nitrogen and oxygen atoms in total. The first-order valence-electron chi connectivity index (χ1n) is 5.42. The zero-order valence-corrected chi connectivity index (χ0v) is 9.28. The molecular formula is C11H21OS. The van der Waals surface area contributed by atoms with E-state index in [4.69, 9.17) is 4.74 Å². The summed E-state index contributed by atoms with van der Waals surface area (Å²) in [5.41, 5.74) is 0. The maximum Gasteiger partial charge on any atom is 0.0585 e. The van der Waals surface area contributed by atoms with Gasteiger partial charge in [-0.15, -0.1) is 0 Å². The van der Waals surface area contributed by atoms with Crippen molar-refractivity contribution in [1.82, 2.24) is 0 Å². The van der Waals surface area contributed by atoms with Crippen LogP contribution in [0.1, 0.15) is 38.5 Å². The molecule has 1 fully saturated rings. The summed E-state index contributed by atoms with van der Waals surface area (Å²) in [6.07, 6.45) is 7.72. The third-order valence-corrected chi connectivity index (χ3v) is 3.73. The first kappa shape index (κ1) is 11.4. The Hall–Kier alpha value is 0.310. The van der Waals surface area contributed by atoms with Crippen LogP contribution in [0.25, 0.3) is 0 Å². The van der Waals surface area contributed by atoms with Gasteiger partial charge in [0.05, 0.1) is 6.61 Å². The predicted molar refractivity (Wildman–Crippen MR) is 60.1 cm³/mol. The van der Waals surface area contributed by atoms with E-state index in [1.54, 1.807) is 0 Å². The van der Waals surface area contributed by atoms with Crippen LogP contribution >= 0.6 is 11.8 Å². The zero-order valence-electron chi connectivity index (χ0n) is 8.46. The topological polar surface area (TPSA) is 9.23 Å². The lowest BCUT2D eigenvalue weighted by atomic mass is 10.2. The van der Waals surface area contributed by atoms with E-state index < -0.39 is 0 Å². The number of hydrogen-bond donors (Lipinski definition) is 0. The van der Waals surface area contributed by atoms with Gasteiger partial charge in [0.2, 0.25) is 0 Å². The molecule has 77 valence electrons. The van der Waals surface area contributed by atoms with Crippen LogP contribution in [0.3, 0.4) is 0 Å². The zero-order chi connectivity index (χ0) is 9.36. The number of rotatable bonds is 6. The van der Waals surface area contributed by atoms with Crippen molar-refractivity contribution in [2.75, 3.05) is 19.0 Å². The minimum Gasteiger partial charge on any atom is -0.380 e. The third-order valence-electron chi connectivity index (χ3n) is 2.37. The van der Waals surface area contributed by atoms with Gasteiger partial charge in [-0.05, 0) is 25.0 Å². The molecule has 0 spiro atoms. The Bertz CT molecular complexity index is 111. The van der Waals surface area contributed by atoms with Gasteiger partial charge >= 0.3 is 0 Å². The molecule has 0 saturated carbocycles. The van der Waals surface area contributed by atoms with Gasteiger partial charge in [-0.3, -0.25) is 0 Å². The summed E-state index contributed by atoms with van der Waals surface area (Å²) in [5.74, 6) is 1.31. The van der Waals surface area contributed by atoms with Gasteiger partial charge in [0.1, 0.15) is 0 Å². The van der Waals surface area contributed by atoms with Crippen molar-refractivity contribution in [1.29, 1.82) is 0 Å². The summed E-state index contributed by atoms with van der Waals surface area (Å²) in [4.78, 5) is 0. The molecule has 1 aliphatic heterocycles. The fourth-order valence-electron chi connectivity index (χ4n) is 1.55. The highest BCUT2D eigenvalue weighted by atomic mass is 32.2. The molecule has 1 aliphatic rings. The maximum atomic E-state index is 5.43. The predicted octanol–water partition coefficient (Wildman–Crippen LogP) is 3.29. The van der Waals surface area contributed by atoms with Crippen molar-refractivity contribution in [3.63, 3.8) is 0 Å². The van der Waals surface area contributed by atoms with E-state index in [0.717, 1.165) is 24.9 Å². The van der Waals surface area contributed by atoms with Gasteiger partial charge in [-0.1, -0.05) is 26.2 Å². The molecule has 2 heteroatoms. The summed E-state index contributed by atoms with van der Waals surface area (Å²) in [5, 5.41) is 0.786. The largest absolute Gasteiger partial charge is 0.380 e. The van der Waals surface area contributed by atoms with E-state index in [0.29, 0.717) is 0 Å². The molecule has 0 N–H and O–H groups in total. The van der Waals surface area contributed by atoms with Crippen LogP contribution in [0, 0.1) is 6.92 Å². The van der Waals surface area contributed by atoms with E-state index in [-0.39, 0.29) is 0 Å². The van der Waals surface area contributed by atoms with Crippen molar-refractivity contribution < 1.29 is 4.74 Å². The highest BCUT2D eigenvalue weighted by molar-refractivity contribution is 7.99. The molecule has 13 heavy (non-hydrogen) atoms. The lowest BCUT2D eigenvalue weighted by Crippen LogP contribution is -2.19.